The summed E-state index contributed by atoms with van der Waals surface area (Å²) in [6.07, 6.45) is 5.13. The Kier molecular flexibility index (Phi) is 9.48. The summed E-state index contributed by atoms with van der Waals surface area (Å²) in [4.78, 5) is 68.7. The Labute approximate surface area is 248 Å². The number of Topliss-reactive ketones (excluding diaryl/α,β-unsaturated/α-hetero) is 1. The van der Waals surface area contributed by atoms with Gasteiger partial charge in [-0.15, -0.1) is 0 Å². The second kappa shape index (κ2) is 13.6. The zero-order chi connectivity index (χ0) is 30.3. The number of fused-ring (bicyclic) bond motifs is 1. The van der Waals surface area contributed by atoms with Gasteiger partial charge in [0, 0.05) is 35.8 Å². The Balaban J connectivity index is 1.35. The largest absolute Gasteiger partial charge is 0.356 e. The molecule has 1 saturated heterocycles. The van der Waals surface area contributed by atoms with Crippen molar-refractivity contribution in [3.63, 3.8) is 0 Å². The van der Waals surface area contributed by atoms with Crippen LogP contribution in [0.5, 0.6) is 0 Å². The molecule has 0 unspecified atom stereocenters. The minimum atomic E-state index is -1.25. The summed E-state index contributed by atoms with van der Waals surface area (Å²) in [6.45, 7) is 0.452. The molecule has 2 aliphatic rings. The van der Waals surface area contributed by atoms with E-state index in [0.717, 1.165) is 37.7 Å². The van der Waals surface area contributed by atoms with Crippen LogP contribution in [0.25, 0.3) is 10.9 Å². The molecule has 0 spiro atoms. The number of carbonyl (C=O) groups excluding carboxylic acids is 5. The first kappa shape index (κ1) is 29.9. The minimum absolute atomic E-state index is 0.0337. The Hall–Kier alpha value is -4.54. The van der Waals surface area contributed by atoms with Crippen molar-refractivity contribution in [2.45, 2.75) is 69.5 Å². The summed E-state index contributed by atoms with van der Waals surface area (Å²) in [7, 11) is 0. The van der Waals surface area contributed by atoms with Crippen LogP contribution in [0.2, 0.25) is 0 Å². The number of aromatic amines is 1. The monoisotopic (exact) mass is 589 g/mol. The molecular weight excluding hydrogens is 553 g/mol. The summed E-state index contributed by atoms with van der Waals surface area (Å²) in [5.74, 6) is -4.09. The van der Waals surface area contributed by atoms with Crippen LogP contribution in [0.15, 0.2) is 54.6 Å². The standard InChI is InChI=1S/C32H36FN5O5/c33-22-12-11-20-16-27(36-24(20)18-22)31(42)38-26(15-19-7-3-1-4-8-19)30(41)37-25(17-21-13-14-34-29(21)40)28(39)32(43)35-23-9-5-2-6-10-23/h1,3-4,7-8,11-12,16,18,21,23,25-26,36H,2,5-6,9-10,13-15,17H2,(H,34,40)(H,35,43)(H,37,41)(H,38,42)/t21-,25-,26-/m0/s1. The van der Waals surface area contributed by atoms with Gasteiger partial charge in [0.1, 0.15) is 17.6 Å². The summed E-state index contributed by atoms with van der Waals surface area (Å²) in [5, 5.41) is 11.6. The molecular formula is C32H36FN5O5. The fourth-order valence-electron chi connectivity index (χ4n) is 5.84. The molecule has 2 fully saturated rings. The third-order valence-corrected chi connectivity index (χ3v) is 8.21. The van der Waals surface area contributed by atoms with Gasteiger partial charge in [-0.1, -0.05) is 49.6 Å². The number of nitrogens with one attached hydrogen (secondary N) is 5. The number of halogens is 1. The highest BCUT2D eigenvalue weighted by molar-refractivity contribution is 6.38. The van der Waals surface area contributed by atoms with Crippen LogP contribution in [-0.2, 0) is 25.6 Å². The van der Waals surface area contributed by atoms with Crippen molar-refractivity contribution in [3.8, 4) is 0 Å². The van der Waals surface area contributed by atoms with Crippen LogP contribution in [-0.4, -0.2) is 59.1 Å². The molecule has 43 heavy (non-hydrogen) atoms. The summed E-state index contributed by atoms with van der Waals surface area (Å²) < 4.78 is 13.7. The number of rotatable bonds is 11. The lowest BCUT2D eigenvalue weighted by Gasteiger charge is -2.26. The number of carbonyl (C=O) groups is 5. The molecule has 3 atom stereocenters. The zero-order valence-corrected chi connectivity index (χ0v) is 23.8. The van der Waals surface area contributed by atoms with Gasteiger partial charge in [0.2, 0.25) is 17.6 Å². The highest BCUT2D eigenvalue weighted by Crippen LogP contribution is 2.20. The zero-order valence-electron chi connectivity index (χ0n) is 23.8. The SMILES string of the molecule is O=C(NC1CCCCC1)C(=O)[C@H](C[C@@H]1CCNC1=O)NC(=O)[C@H](Cc1ccccc1)NC(=O)c1cc2ccc(F)cc2[nH]1. The van der Waals surface area contributed by atoms with Crippen molar-refractivity contribution in [3.05, 3.63) is 71.7 Å². The van der Waals surface area contributed by atoms with E-state index < -0.39 is 47.3 Å². The first-order chi connectivity index (χ1) is 20.8. The van der Waals surface area contributed by atoms with Crippen molar-refractivity contribution in [2.24, 2.45) is 5.92 Å². The van der Waals surface area contributed by atoms with Crippen molar-refractivity contribution < 1.29 is 28.4 Å². The van der Waals surface area contributed by atoms with Crippen molar-refractivity contribution in [1.29, 1.82) is 0 Å². The molecule has 11 heteroatoms. The third kappa shape index (κ3) is 7.65. The smallest absolute Gasteiger partial charge is 0.289 e. The molecule has 0 radical (unpaired) electrons. The molecule has 2 aromatic carbocycles. The number of hydrogen-bond donors (Lipinski definition) is 5. The van der Waals surface area contributed by atoms with Gasteiger partial charge < -0.3 is 26.3 Å². The van der Waals surface area contributed by atoms with E-state index in [9.17, 15) is 28.4 Å². The lowest BCUT2D eigenvalue weighted by molar-refractivity contribution is -0.141. The quantitative estimate of drug-likeness (QED) is 0.218. The van der Waals surface area contributed by atoms with Gasteiger partial charge in [0.25, 0.3) is 11.8 Å². The summed E-state index contributed by atoms with van der Waals surface area (Å²) >= 11 is 0. The normalized spacial score (nSPS) is 18.4. The average molecular weight is 590 g/mol. The minimum Gasteiger partial charge on any atom is -0.356 e. The maximum atomic E-state index is 13.7. The van der Waals surface area contributed by atoms with Gasteiger partial charge in [0.05, 0.1) is 6.04 Å². The van der Waals surface area contributed by atoms with E-state index in [0.29, 0.717) is 23.9 Å². The van der Waals surface area contributed by atoms with E-state index in [1.165, 1.54) is 12.1 Å². The number of hydrogen-bond acceptors (Lipinski definition) is 5. The van der Waals surface area contributed by atoms with Gasteiger partial charge in [-0.3, -0.25) is 24.0 Å². The maximum Gasteiger partial charge on any atom is 0.289 e. The molecule has 1 aromatic heterocycles. The second-order valence-corrected chi connectivity index (χ2v) is 11.4. The van der Waals surface area contributed by atoms with E-state index in [1.807, 2.05) is 6.07 Å². The van der Waals surface area contributed by atoms with Crippen LogP contribution in [0.3, 0.4) is 0 Å². The van der Waals surface area contributed by atoms with Crippen LogP contribution in [0, 0.1) is 11.7 Å². The molecule has 5 rings (SSSR count). The van der Waals surface area contributed by atoms with Crippen LogP contribution < -0.4 is 21.3 Å². The Morgan fingerprint density at radius 2 is 1.67 bits per heavy atom. The average Bonchev–Trinajstić information content (AvgIpc) is 3.62. The van der Waals surface area contributed by atoms with Gasteiger partial charge in [-0.05, 0) is 55.5 Å². The van der Waals surface area contributed by atoms with Gasteiger partial charge in [0.15, 0.2) is 0 Å². The van der Waals surface area contributed by atoms with Crippen LogP contribution in [0.4, 0.5) is 4.39 Å². The number of H-pyrrole nitrogens is 1. The lowest BCUT2D eigenvalue weighted by atomic mass is 9.93. The highest BCUT2D eigenvalue weighted by Gasteiger charge is 2.36. The van der Waals surface area contributed by atoms with E-state index in [1.54, 1.807) is 36.4 Å². The van der Waals surface area contributed by atoms with E-state index in [4.69, 9.17) is 0 Å². The first-order valence-electron chi connectivity index (χ1n) is 14.8. The second-order valence-electron chi connectivity index (χ2n) is 11.4. The molecule has 2 heterocycles. The molecule has 3 aromatic rings. The summed E-state index contributed by atoms with van der Waals surface area (Å²) in [5.41, 5.74) is 1.32. The van der Waals surface area contributed by atoms with Gasteiger partial charge in [-0.25, -0.2) is 4.39 Å². The van der Waals surface area contributed by atoms with Crippen LogP contribution in [0.1, 0.15) is 61.0 Å². The molecule has 1 aliphatic heterocycles. The fraction of sp³-hybridized carbons (Fsp3) is 0.406. The van der Waals surface area contributed by atoms with E-state index in [-0.39, 0.29) is 30.5 Å². The topological polar surface area (TPSA) is 149 Å². The highest BCUT2D eigenvalue weighted by atomic mass is 19.1. The van der Waals surface area contributed by atoms with E-state index in [2.05, 4.69) is 26.3 Å². The lowest BCUT2D eigenvalue weighted by Crippen LogP contribution is -2.55. The molecule has 1 saturated carbocycles. The van der Waals surface area contributed by atoms with Crippen molar-refractivity contribution in [2.75, 3.05) is 6.54 Å². The summed E-state index contributed by atoms with van der Waals surface area (Å²) in [6, 6.07) is 12.2. The third-order valence-electron chi connectivity index (χ3n) is 8.21. The Morgan fingerprint density at radius 3 is 2.40 bits per heavy atom. The first-order valence-corrected chi connectivity index (χ1v) is 14.8. The van der Waals surface area contributed by atoms with E-state index >= 15 is 0 Å². The number of ketones is 1. The molecule has 0 bridgehead atoms. The van der Waals surface area contributed by atoms with Gasteiger partial charge in [-0.2, -0.15) is 0 Å². The molecule has 1 aliphatic carbocycles. The number of aromatic nitrogens is 1. The molecule has 5 N–H and O–H groups in total. The Bertz CT molecular complexity index is 1500. The number of amides is 4. The molecule has 10 nitrogen and oxygen atoms in total. The van der Waals surface area contributed by atoms with Crippen LogP contribution >= 0.6 is 0 Å². The predicted molar refractivity (Wildman–Crippen MR) is 157 cm³/mol. The number of benzene rings is 2. The predicted octanol–water partition coefficient (Wildman–Crippen LogP) is 2.68. The van der Waals surface area contributed by atoms with Crippen molar-refractivity contribution in [1.82, 2.24) is 26.3 Å². The Morgan fingerprint density at radius 1 is 0.907 bits per heavy atom. The maximum absolute atomic E-state index is 13.7. The fourth-order valence-corrected chi connectivity index (χ4v) is 5.84. The van der Waals surface area contributed by atoms with Gasteiger partial charge >= 0.3 is 0 Å². The molecule has 226 valence electrons. The van der Waals surface area contributed by atoms with Crippen molar-refractivity contribution >= 4 is 40.3 Å². The molecule has 4 amide bonds.